The summed E-state index contributed by atoms with van der Waals surface area (Å²) in [5, 5.41) is 4.43. The predicted octanol–water partition coefficient (Wildman–Crippen LogP) is 4.58. The van der Waals surface area contributed by atoms with E-state index in [2.05, 4.69) is 33.0 Å². The molecule has 2 rings (SSSR count). The van der Waals surface area contributed by atoms with Gasteiger partial charge in [-0.3, -0.25) is 0 Å². The first-order valence-corrected chi connectivity index (χ1v) is 7.47. The van der Waals surface area contributed by atoms with Crippen molar-refractivity contribution in [2.75, 3.05) is 6.54 Å². The van der Waals surface area contributed by atoms with E-state index in [1.807, 2.05) is 18.2 Å². The molecule has 0 aromatic heterocycles. The average molecular weight is 282 g/mol. The minimum Gasteiger partial charge on any atom is -0.487 e. The van der Waals surface area contributed by atoms with E-state index in [0.29, 0.717) is 6.04 Å². The number of ether oxygens (including phenoxy) is 1. The van der Waals surface area contributed by atoms with Gasteiger partial charge >= 0.3 is 0 Å². The second-order valence-electron chi connectivity index (χ2n) is 6.44. The number of halogens is 1. The summed E-state index contributed by atoms with van der Waals surface area (Å²) < 4.78 is 6.03. The van der Waals surface area contributed by atoms with Crippen LogP contribution in [0.1, 0.15) is 52.1 Å². The van der Waals surface area contributed by atoms with Gasteiger partial charge < -0.3 is 10.1 Å². The average Bonchev–Trinajstić information content (AvgIpc) is 2.28. The molecule has 19 heavy (non-hydrogen) atoms. The van der Waals surface area contributed by atoms with E-state index in [1.54, 1.807) is 0 Å². The molecule has 1 aliphatic heterocycles. The molecule has 0 fully saturated rings. The Balaban J connectivity index is 2.16. The van der Waals surface area contributed by atoms with Gasteiger partial charge in [-0.05, 0) is 50.9 Å². The van der Waals surface area contributed by atoms with Gasteiger partial charge in [-0.25, -0.2) is 0 Å². The van der Waals surface area contributed by atoms with Crippen LogP contribution in [-0.4, -0.2) is 12.1 Å². The normalized spacial score (nSPS) is 21.1. The smallest absolute Gasteiger partial charge is 0.124 e. The number of hydrogen-bond donors (Lipinski definition) is 1. The van der Waals surface area contributed by atoms with Crippen molar-refractivity contribution in [2.24, 2.45) is 5.92 Å². The number of benzene rings is 1. The molecule has 0 saturated carbocycles. The maximum atomic E-state index is 6.11. The third-order valence-corrected chi connectivity index (χ3v) is 3.78. The summed E-state index contributed by atoms with van der Waals surface area (Å²) in [6, 6.07) is 6.23. The first kappa shape index (κ1) is 14.7. The molecule has 0 spiro atoms. The Morgan fingerprint density at radius 2 is 2.16 bits per heavy atom. The fourth-order valence-corrected chi connectivity index (χ4v) is 2.73. The third kappa shape index (κ3) is 3.87. The van der Waals surface area contributed by atoms with Gasteiger partial charge in [0.25, 0.3) is 0 Å². The van der Waals surface area contributed by atoms with Crippen molar-refractivity contribution in [3.8, 4) is 5.75 Å². The fraction of sp³-hybridized carbons (Fsp3) is 0.625. The van der Waals surface area contributed by atoms with Crippen LogP contribution in [0.2, 0.25) is 5.02 Å². The van der Waals surface area contributed by atoms with Crippen molar-refractivity contribution in [1.82, 2.24) is 5.32 Å². The van der Waals surface area contributed by atoms with E-state index in [4.69, 9.17) is 16.3 Å². The molecule has 0 bridgehead atoms. The Hall–Kier alpha value is -0.730. The Bertz CT molecular complexity index is 442. The van der Waals surface area contributed by atoms with Gasteiger partial charge in [0.2, 0.25) is 0 Å². The van der Waals surface area contributed by atoms with Gasteiger partial charge in [-0.2, -0.15) is 0 Å². The van der Waals surface area contributed by atoms with Gasteiger partial charge in [-0.1, -0.05) is 25.4 Å². The SMILES string of the molecule is CC(C)CCNC1CC(C)(C)Oc2ccc(Cl)cc21. The van der Waals surface area contributed by atoms with Crippen LogP contribution in [0.5, 0.6) is 5.75 Å². The molecule has 0 saturated heterocycles. The van der Waals surface area contributed by atoms with Crippen molar-refractivity contribution in [3.63, 3.8) is 0 Å². The van der Waals surface area contributed by atoms with Gasteiger partial charge in [0.1, 0.15) is 11.4 Å². The van der Waals surface area contributed by atoms with Crippen molar-refractivity contribution in [1.29, 1.82) is 0 Å². The first-order chi connectivity index (χ1) is 8.87. The maximum absolute atomic E-state index is 6.11. The maximum Gasteiger partial charge on any atom is 0.124 e. The van der Waals surface area contributed by atoms with Gasteiger partial charge in [0.15, 0.2) is 0 Å². The third-order valence-electron chi connectivity index (χ3n) is 3.54. The number of fused-ring (bicyclic) bond motifs is 1. The highest BCUT2D eigenvalue weighted by Crippen LogP contribution is 2.40. The summed E-state index contributed by atoms with van der Waals surface area (Å²) in [5.41, 5.74) is 1.06. The van der Waals surface area contributed by atoms with E-state index in [0.717, 1.165) is 29.7 Å². The molecule has 0 amide bonds. The molecular weight excluding hydrogens is 258 g/mol. The highest BCUT2D eigenvalue weighted by molar-refractivity contribution is 6.30. The molecule has 1 N–H and O–H groups in total. The van der Waals surface area contributed by atoms with Crippen LogP contribution in [0.25, 0.3) is 0 Å². The lowest BCUT2D eigenvalue weighted by molar-refractivity contribution is 0.0659. The van der Waals surface area contributed by atoms with Crippen LogP contribution in [0.15, 0.2) is 18.2 Å². The topological polar surface area (TPSA) is 21.3 Å². The first-order valence-electron chi connectivity index (χ1n) is 7.09. The summed E-state index contributed by atoms with van der Waals surface area (Å²) in [4.78, 5) is 0. The summed E-state index contributed by atoms with van der Waals surface area (Å²) in [6.07, 6.45) is 2.16. The van der Waals surface area contributed by atoms with Crippen LogP contribution in [0.4, 0.5) is 0 Å². The Morgan fingerprint density at radius 3 is 2.84 bits per heavy atom. The fourth-order valence-electron chi connectivity index (χ4n) is 2.55. The van der Waals surface area contributed by atoms with E-state index in [1.165, 1.54) is 12.0 Å². The standard InChI is InChI=1S/C16H24ClNO/c1-11(2)7-8-18-14-10-16(3,4)19-15-6-5-12(17)9-13(14)15/h5-6,9,11,14,18H,7-8,10H2,1-4H3. The minimum absolute atomic E-state index is 0.129. The van der Waals surface area contributed by atoms with Crippen LogP contribution < -0.4 is 10.1 Å². The number of nitrogens with one attached hydrogen (secondary N) is 1. The van der Waals surface area contributed by atoms with Gasteiger partial charge in [0, 0.05) is 23.0 Å². The second-order valence-corrected chi connectivity index (χ2v) is 6.87. The molecule has 1 unspecified atom stereocenters. The van der Waals surface area contributed by atoms with Gasteiger partial charge in [0.05, 0.1) is 0 Å². The quantitative estimate of drug-likeness (QED) is 0.872. The monoisotopic (exact) mass is 281 g/mol. The van der Waals surface area contributed by atoms with Crippen molar-refractivity contribution < 1.29 is 4.74 Å². The molecule has 3 heteroatoms. The van der Waals surface area contributed by atoms with E-state index in [-0.39, 0.29) is 5.60 Å². The van der Waals surface area contributed by atoms with Gasteiger partial charge in [-0.15, -0.1) is 0 Å². The van der Waals surface area contributed by atoms with Crippen LogP contribution >= 0.6 is 11.6 Å². The molecule has 1 aromatic rings. The zero-order valence-electron chi connectivity index (χ0n) is 12.3. The van der Waals surface area contributed by atoms with E-state index < -0.39 is 0 Å². The zero-order chi connectivity index (χ0) is 14.0. The van der Waals surface area contributed by atoms with Crippen LogP contribution in [0, 0.1) is 5.92 Å². The molecule has 106 valence electrons. The molecule has 2 nitrogen and oxygen atoms in total. The molecule has 1 heterocycles. The Morgan fingerprint density at radius 1 is 1.42 bits per heavy atom. The molecule has 0 aliphatic carbocycles. The van der Waals surface area contributed by atoms with Crippen molar-refractivity contribution >= 4 is 11.6 Å². The second kappa shape index (κ2) is 5.72. The van der Waals surface area contributed by atoms with Crippen molar-refractivity contribution in [3.05, 3.63) is 28.8 Å². The van der Waals surface area contributed by atoms with Crippen LogP contribution in [-0.2, 0) is 0 Å². The molecule has 0 radical (unpaired) electrons. The Labute approximate surface area is 121 Å². The molecule has 1 atom stereocenters. The van der Waals surface area contributed by atoms with Crippen LogP contribution in [0.3, 0.4) is 0 Å². The highest BCUT2D eigenvalue weighted by Gasteiger charge is 2.33. The molecular formula is C16H24ClNO. The van der Waals surface area contributed by atoms with E-state index >= 15 is 0 Å². The molecule has 1 aromatic carbocycles. The lowest BCUT2D eigenvalue weighted by Gasteiger charge is -2.38. The summed E-state index contributed by atoms with van der Waals surface area (Å²) >= 11 is 6.11. The van der Waals surface area contributed by atoms with Crippen molar-refractivity contribution in [2.45, 2.75) is 52.2 Å². The summed E-state index contributed by atoms with van der Waals surface area (Å²) in [7, 11) is 0. The lowest BCUT2D eigenvalue weighted by Crippen LogP contribution is -2.39. The summed E-state index contributed by atoms with van der Waals surface area (Å²) in [6.45, 7) is 9.81. The minimum atomic E-state index is -0.129. The number of rotatable bonds is 4. The zero-order valence-corrected chi connectivity index (χ0v) is 13.1. The lowest BCUT2D eigenvalue weighted by atomic mass is 9.89. The molecule has 1 aliphatic rings. The number of hydrogen-bond acceptors (Lipinski definition) is 2. The van der Waals surface area contributed by atoms with E-state index in [9.17, 15) is 0 Å². The largest absolute Gasteiger partial charge is 0.487 e. The summed E-state index contributed by atoms with van der Waals surface area (Å²) in [5.74, 6) is 1.68. The Kier molecular flexibility index (Phi) is 4.42. The highest BCUT2D eigenvalue weighted by atomic mass is 35.5. The predicted molar refractivity (Wildman–Crippen MR) is 81.0 cm³/mol.